The summed E-state index contributed by atoms with van der Waals surface area (Å²) in [6, 6.07) is 17.7. The van der Waals surface area contributed by atoms with E-state index in [4.69, 9.17) is 4.74 Å². The Morgan fingerprint density at radius 3 is 1.76 bits per heavy atom. The number of aryl methyl sites for hydroxylation is 1. The lowest BCUT2D eigenvalue weighted by Gasteiger charge is -2.27. The number of carbonyl (C=O) groups excluding carboxylic acids is 5. The number of amides is 2. The van der Waals surface area contributed by atoms with Crippen LogP contribution >= 0.6 is 0 Å². The van der Waals surface area contributed by atoms with Crippen LogP contribution in [-0.2, 0) is 41.6 Å². The van der Waals surface area contributed by atoms with Crippen molar-refractivity contribution in [2.45, 2.75) is 104 Å². The average Bonchev–Trinajstić information content (AvgIpc) is 3.76. The Hall–Kier alpha value is -3.65. The van der Waals surface area contributed by atoms with E-state index in [-0.39, 0.29) is 53.8 Å². The van der Waals surface area contributed by atoms with Crippen molar-refractivity contribution in [3.05, 3.63) is 71.8 Å². The average molecular weight is 633 g/mol. The Morgan fingerprint density at radius 1 is 0.739 bits per heavy atom. The SMILES string of the molecule is CC(=O)C[C@@H](CCc1ccccc1)C(=O)N[C@@H](CC(C)C)C(=O)C[C@@H](Cc1ccccc1)C(=O)N[C@@H](CC(C)C)C(=O)[C@@]1(C)CO1. The smallest absolute Gasteiger partial charge is 0.224 e. The summed E-state index contributed by atoms with van der Waals surface area (Å²) in [5.41, 5.74) is 1.08. The summed E-state index contributed by atoms with van der Waals surface area (Å²) < 4.78 is 5.40. The number of benzene rings is 2. The van der Waals surface area contributed by atoms with Crippen LogP contribution in [0.5, 0.6) is 0 Å². The van der Waals surface area contributed by atoms with Crippen molar-refractivity contribution in [3.63, 3.8) is 0 Å². The summed E-state index contributed by atoms with van der Waals surface area (Å²) in [6.45, 7) is 11.5. The quantitative estimate of drug-likeness (QED) is 0.187. The van der Waals surface area contributed by atoms with Crippen molar-refractivity contribution in [3.8, 4) is 0 Å². The van der Waals surface area contributed by atoms with Gasteiger partial charge in [-0.15, -0.1) is 0 Å². The van der Waals surface area contributed by atoms with E-state index in [2.05, 4.69) is 10.6 Å². The van der Waals surface area contributed by atoms with Crippen molar-refractivity contribution in [1.82, 2.24) is 10.6 Å². The number of hydrogen-bond donors (Lipinski definition) is 2. The highest BCUT2D eigenvalue weighted by molar-refractivity contribution is 5.98. The van der Waals surface area contributed by atoms with E-state index >= 15 is 0 Å². The number of nitrogens with one attached hydrogen (secondary N) is 2. The molecule has 2 amide bonds. The number of Topliss-reactive ketones (excluding diaryl/α,β-unsaturated/α-hetero) is 3. The number of rotatable bonds is 20. The molecule has 0 bridgehead atoms. The molecule has 1 heterocycles. The second-order valence-electron chi connectivity index (χ2n) is 13.9. The van der Waals surface area contributed by atoms with Crippen molar-refractivity contribution in [1.29, 1.82) is 0 Å². The molecule has 1 aliphatic rings. The van der Waals surface area contributed by atoms with E-state index in [1.807, 2.05) is 88.4 Å². The van der Waals surface area contributed by atoms with Crippen LogP contribution in [0.3, 0.4) is 0 Å². The van der Waals surface area contributed by atoms with Crippen molar-refractivity contribution < 1.29 is 28.7 Å². The van der Waals surface area contributed by atoms with Crippen LogP contribution in [0.1, 0.15) is 84.8 Å². The fourth-order valence-corrected chi connectivity index (χ4v) is 5.84. The van der Waals surface area contributed by atoms with Crippen LogP contribution in [0.2, 0.25) is 0 Å². The normalized spacial score (nSPS) is 18.3. The van der Waals surface area contributed by atoms with Crippen LogP contribution in [-0.4, -0.2) is 53.5 Å². The monoisotopic (exact) mass is 632 g/mol. The summed E-state index contributed by atoms with van der Waals surface area (Å²) in [5, 5.41) is 5.94. The van der Waals surface area contributed by atoms with Crippen molar-refractivity contribution in [2.24, 2.45) is 23.7 Å². The third-order valence-corrected chi connectivity index (χ3v) is 8.52. The van der Waals surface area contributed by atoms with Gasteiger partial charge in [0.2, 0.25) is 11.8 Å². The molecule has 46 heavy (non-hydrogen) atoms. The van der Waals surface area contributed by atoms with E-state index < -0.39 is 29.5 Å². The predicted octanol–water partition coefficient (Wildman–Crippen LogP) is 5.45. The molecule has 1 fully saturated rings. The number of ketones is 3. The standard InChI is InChI=1S/C38H52N2O6/c1-25(2)19-32(39-36(44)30(21-27(5)41)18-17-28-13-9-7-10-14-28)34(42)23-31(22-29-15-11-8-12-16-29)37(45)40-33(20-26(3)4)35(43)38(6)24-46-38/h7-16,25-26,30-33H,17-24H2,1-6H3,(H,39,44)(H,40,45)/t30-,31-,32+,33+,38-/m1/s1. The van der Waals surface area contributed by atoms with Crippen molar-refractivity contribution >= 4 is 29.2 Å². The molecular weight excluding hydrogens is 580 g/mol. The molecule has 1 aliphatic heterocycles. The maximum Gasteiger partial charge on any atom is 0.224 e. The number of ether oxygens (including phenoxy) is 1. The van der Waals surface area contributed by atoms with Gasteiger partial charge in [0, 0.05) is 24.7 Å². The molecule has 0 spiro atoms. The molecule has 8 nitrogen and oxygen atoms in total. The highest BCUT2D eigenvalue weighted by atomic mass is 16.6. The second-order valence-corrected chi connectivity index (χ2v) is 13.9. The van der Waals surface area contributed by atoms with Gasteiger partial charge in [-0.25, -0.2) is 0 Å². The first kappa shape index (κ1) is 36.8. The zero-order valence-electron chi connectivity index (χ0n) is 28.3. The van der Waals surface area contributed by atoms with Gasteiger partial charge in [-0.2, -0.15) is 0 Å². The Morgan fingerprint density at radius 2 is 1.24 bits per heavy atom. The van der Waals surface area contributed by atoms with Gasteiger partial charge in [0.1, 0.15) is 11.4 Å². The molecule has 3 rings (SSSR count). The van der Waals surface area contributed by atoms with E-state index in [9.17, 15) is 24.0 Å². The largest absolute Gasteiger partial charge is 0.361 e. The fourth-order valence-electron chi connectivity index (χ4n) is 5.84. The lowest BCUT2D eigenvalue weighted by Crippen LogP contribution is -2.50. The summed E-state index contributed by atoms with van der Waals surface area (Å²) in [5.74, 6) is -2.25. The van der Waals surface area contributed by atoms with Gasteiger partial charge in [0.25, 0.3) is 0 Å². The highest BCUT2D eigenvalue weighted by Gasteiger charge is 2.50. The first-order valence-electron chi connectivity index (χ1n) is 16.7. The molecule has 2 aromatic carbocycles. The first-order chi connectivity index (χ1) is 21.8. The summed E-state index contributed by atoms with van der Waals surface area (Å²) in [6.07, 6.45) is 2.27. The minimum absolute atomic E-state index is 0.0875. The molecular formula is C38H52N2O6. The van der Waals surface area contributed by atoms with Crippen molar-refractivity contribution in [2.75, 3.05) is 6.61 Å². The Balaban J connectivity index is 1.80. The molecule has 0 saturated carbocycles. The van der Waals surface area contributed by atoms with Crippen LogP contribution in [0.4, 0.5) is 0 Å². The van der Waals surface area contributed by atoms with Gasteiger partial charge in [-0.3, -0.25) is 19.2 Å². The summed E-state index contributed by atoms with van der Waals surface area (Å²) in [4.78, 5) is 66.8. The second kappa shape index (κ2) is 17.3. The predicted molar refractivity (Wildman–Crippen MR) is 179 cm³/mol. The molecule has 0 radical (unpaired) electrons. The molecule has 5 atom stereocenters. The third-order valence-electron chi connectivity index (χ3n) is 8.52. The highest BCUT2D eigenvalue weighted by Crippen LogP contribution is 2.30. The Kier molecular flexibility index (Phi) is 13.9. The first-order valence-corrected chi connectivity index (χ1v) is 16.7. The molecule has 1 saturated heterocycles. The van der Waals surface area contributed by atoms with E-state index in [1.54, 1.807) is 6.92 Å². The summed E-state index contributed by atoms with van der Waals surface area (Å²) in [7, 11) is 0. The van der Waals surface area contributed by atoms with Crippen LogP contribution in [0.15, 0.2) is 60.7 Å². The van der Waals surface area contributed by atoms with E-state index in [0.29, 0.717) is 38.7 Å². The zero-order valence-corrected chi connectivity index (χ0v) is 28.3. The zero-order chi connectivity index (χ0) is 33.9. The van der Waals surface area contributed by atoms with E-state index in [1.165, 1.54) is 6.92 Å². The van der Waals surface area contributed by atoms with E-state index in [0.717, 1.165) is 11.1 Å². The molecule has 250 valence electrons. The number of carbonyl (C=O) groups is 5. The van der Waals surface area contributed by atoms with Crippen LogP contribution in [0, 0.1) is 23.7 Å². The Labute approximate surface area is 274 Å². The van der Waals surface area contributed by atoms with Crippen LogP contribution < -0.4 is 10.6 Å². The molecule has 0 aliphatic carbocycles. The third kappa shape index (κ3) is 11.9. The topological polar surface area (TPSA) is 122 Å². The lowest BCUT2D eigenvalue weighted by molar-refractivity contribution is -0.135. The Bertz CT molecular complexity index is 1320. The number of epoxide rings is 1. The van der Waals surface area contributed by atoms with Gasteiger partial charge >= 0.3 is 0 Å². The molecule has 2 aromatic rings. The summed E-state index contributed by atoms with van der Waals surface area (Å²) >= 11 is 0. The van der Waals surface area contributed by atoms with Gasteiger partial charge in [-0.1, -0.05) is 88.4 Å². The van der Waals surface area contributed by atoms with Gasteiger partial charge in [-0.05, 0) is 68.9 Å². The molecule has 8 heteroatoms. The maximum atomic E-state index is 14.0. The van der Waals surface area contributed by atoms with Gasteiger partial charge in [0.05, 0.1) is 18.7 Å². The van der Waals surface area contributed by atoms with Gasteiger partial charge in [0.15, 0.2) is 11.6 Å². The van der Waals surface area contributed by atoms with Crippen LogP contribution in [0.25, 0.3) is 0 Å². The lowest BCUT2D eigenvalue weighted by atomic mass is 9.87. The molecule has 0 aromatic heterocycles. The number of hydrogen-bond acceptors (Lipinski definition) is 6. The minimum atomic E-state index is -0.888. The maximum absolute atomic E-state index is 14.0. The fraction of sp³-hybridized carbons (Fsp3) is 0.553. The molecule has 2 N–H and O–H groups in total. The van der Waals surface area contributed by atoms with Gasteiger partial charge < -0.3 is 20.2 Å². The minimum Gasteiger partial charge on any atom is -0.361 e. The molecule has 0 unspecified atom stereocenters.